The molecule has 0 nitrogen and oxygen atoms in total. The molecule has 0 amide bonds. The highest BCUT2D eigenvalue weighted by molar-refractivity contribution is 5.53. The van der Waals surface area contributed by atoms with Crippen LogP contribution in [0.15, 0.2) is 84.5 Å². The van der Waals surface area contributed by atoms with Gasteiger partial charge in [0.05, 0.1) is 0 Å². The summed E-state index contributed by atoms with van der Waals surface area (Å²) >= 11 is 0. The van der Waals surface area contributed by atoms with Crippen molar-refractivity contribution in [2.45, 2.75) is 25.7 Å². The average Bonchev–Trinajstić information content (AvgIpc) is 2.98. The van der Waals surface area contributed by atoms with Crippen LogP contribution in [0.3, 0.4) is 0 Å². The first-order chi connectivity index (χ1) is 10.4. The van der Waals surface area contributed by atoms with E-state index in [0.717, 1.165) is 6.42 Å². The van der Waals surface area contributed by atoms with Crippen LogP contribution in [0.4, 0.5) is 0 Å². The molecular weight excluding hydrogens is 252 g/mol. The molecule has 21 heavy (non-hydrogen) atoms. The summed E-state index contributed by atoms with van der Waals surface area (Å²) in [4.78, 5) is 0. The summed E-state index contributed by atoms with van der Waals surface area (Å²) in [5.41, 5.74) is 4.22. The fourth-order valence-electron chi connectivity index (χ4n) is 3.09. The Morgan fingerprint density at radius 2 is 1.38 bits per heavy atom. The zero-order valence-corrected chi connectivity index (χ0v) is 12.5. The van der Waals surface area contributed by atoms with E-state index in [1.165, 1.54) is 29.0 Å². The number of benzene rings is 2. The maximum atomic E-state index is 2.29. The molecule has 1 aliphatic carbocycles. The van der Waals surface area contributed by atoms with E-state index in [9.17, 15) is 0 Å². The zero-order valence-electron chi connectivity index (χ0n) is 12.5. The maximum Gasteiger partial charge on any atom is 0.0344 e. The Balaban J connectivity index is 2.01. The lowest BCUT2D eigenvalue weighted by molar-refractivity contribution is 0.817. The van der Waals surface area contributed by atoms with Crippen LogP contribution < -0.4 is 0 Å². The molecule has 0 spiro atoms. The lowest BCUT2D eigenvalue weighted by Gasteiger charge is -2.25. The summed E-state index contributed by atoms with van der Waals surface area (Å²) in [5.74, 6) is 1.79. The molecule has 1 radical (unpaired) electrons. The van der Waals surface area contributed by atoms with Crippen molar-refractivity contribution >= 4 is 0 Å². The molecule has 3 rings (SSSR count). The Hall–Kier alpha value is -2.08. The highest BCUT2D eigenvalue weighted by atomic mass is 14.3. The van der Waals surface area contributed by atoms with Crippen LogP contribution in [0.5, 0.6) is 0 Å². The van der Waals surface area contributed by atoms with Gasteiger partial charge in [0.2, 0.25) is 0 Å². The Kier molecular flexibility index (Phi) is 4.35. The van der Waals surface area contributed by atoms with Crippen molar-refractivity contribution in [2.75, 3.05) is 0 Å². The second kappa shape index (κ2) is 6.58. The number of allylic oxidation sites excluding steroid dienone is 4. The van der Waals surface area contributed by atoms with Crippen LogP contribution >= 0.6 is 0 Å². The van der Waals surface area contributed by atoms with Gasteiger partial charge < -0.3 is 0 Å². The minimum atomic E-state index is 0.337. The Labute approximate surface area is 127 Å². The van der Waals surface area contributed by atoms with Gasteiger partial charge in [0, 0.05) is 11.8 Å². The van der Waals surface area contributed by atoms with Crippen LogP contribution in [-0.2, 0) is 0 Å². The summed E-state index contributed by atoms with van der Waals surface area (Å²) in [6, 6.07) is 21.7. The molecule has 0 heterocycles. The molecule has 0 saturated heterocycles. The van der Waals surface area contributed by atoms with E-state index in [4.69, 9.17) is 0 Å². The van der Waals surface area contributed by atoms with E-state index in [1.807, 2.05) is 0 Å². The molecule has 0 fully saturated rings. The van der Waals surface area contributed by atoms with Gasteiger partial charge in [-0.3, -0.25) is 0 Å². The second-order valence-electron chi connectivity index (χ2n) is 5.51. The minimum Gasteiger partial charge on any atom is -0.0721 e. The molecule has 0 atom stereocenters. The molecular formula is C21H21. The van der Waals surface area contributed by atoms with Gasteiger partial charge in [0.25, 0.3) is 0 Å². The predicted octanol–water partition coefficient (Wildman–Crippen LogP) is 5.69. The van der Waals surface area contributed by atoms with Gasteiger partial charge in [0.1, 0.15) is 0 Å². The van der Waals surface area contributed by atoms with Crippen molar-refractivity contribution < 1.29 is 0 Å². The van der Waals surface area contributed by atoms with Crippen molar-refractivity contribution in [2.24, 2.45) is 0 Å². The second-order valence-corrected chi connectivity index (χ2v) is 5.51. The third-order valence-electron chi connectivity index (χ3n) is 4.04. The molecule has 0 saturated carbocycles. The monoisotopic (exact) mass is 273 g/mol. The minimum absolute atomic E-state index is 0.337. The van der Waals surface area contributed by atoms with Crippen LogP contribution in [0.1, 0.15) is 36.8 Å². The van der Waals surface area contributed by atoms with Gasteiger partial charge in [0.15, 0.2) is 0 Å². The molecule has 1 aliphatic rings. The van der Waals surface area contributed by atoms with Crippen molar-refractivity contribution in [3.05, 3.63) is 102 Å². The number of hydrogen-bond donors (Lipinski definition) is 0. The Morgan fingerprint density at radius 1 is 0.810 bits per heavy atom. The molecule has 0 N–H and O–H groups in total. The SMILES string of the molecule is CCCC1=CC=C[C]1C(c1ccccc1)c1ccccc1. The molecule has 0 aliphatic heterocycles. The smallest absolute Gasteiger partial charge is 0.0344 e. The molecule has 0 bridgehead atoms. The molecule has 0 aromatic heterocycles. The molecule has 105 valence electrons. The first-order valence-corrected chi connectivity index (χ1v) is 7.74. The lowest BCUT2D eigenvalue weighted by atomic mass is 9.77. The van der Waals surface area contributed by atoms with Crippen LogP contribution in [0.2, 0.25) is 0 Å². The molecule has 0 unspecified atom stereocenters. The van der Waals surface area contributed by atoms with E-state index in [-0.39, 0.29) is 0 Å². The van der Waals surface area contributed by atoms with E-state index < -0.39 is 0 Å². The average molecular weight is 273 g/mol. The van der Waals surface area contributed by atoms with Gasteiger partial charge in [-0.2, -0.15) is 0 Å². The quantitative estimate of drug-likeness (QED) is 0.656. The van der Waals surface area contributed by atoms with Gasteiger partial charge in [-0.25, -0.2) is 0 Å². The van der Waals surface area contributed by atoms with Crippen molar-refractivity contribution in [1.29, 1.82) is 0 Å². The van der Waals surface area contributed by atoms with Crippen molar-refractivity contribution in [1.82, 2.24) is 0 Å². The van der Waals surface area contributed by atoms with Gasteiger partial charge in [-0.05, 0) is 17.5 Å². The third-order valence-corrected chi connectivity index (χ3v) is 4.04. The number of hydrogen-bond acceptors (Lipinski definition) is 0. The maximum absolute atomic E-state index is 2.29. The highest BCUT2D eigenvalue weighted by Crippen LogP contribution is 2.42. The van der Waals surface area contributed by atoms with E-state index in [1.54, 1.807) is 0 Å². The summed E-state index contributed by atoms with van der Waals surface area (Å²) in [7, 11) is 0. The highest BCUT2D eigenvalue weighted by Gasteiger charge is 2.27. The van der Waals surface area contributed by atoms with E-state index in [2.05, 4.69) is 85.8 Å². The molecule has 0 heteroatoms. The first kappa shape index (κ1) is 13.9. The lowest BCUT2D eigenvalue weighted by Crippen LogP contribution is -2.11. The standard InChI is InChI=1S/C21H21/c1-2-10-17-15-9-16-20(17)21(18-11-5-3-6-12-18)19-13-7-4-8-14-19/h3-9,11-16,21H,2,10H2,1H3. The molecule has 2 aromatic carbocycles. The predicted molar refractivity (Wildman–Crippen MR) is 90.1 cm³/mol. The topological polar surface area (TPSA) is 0 Å². The Morgan fingerprint density at radius 3 is 1.90 bits per heavy atom. The van der Waals surface area contributed by atoms with Gasteiger partial charge in [-0.1, -0.05) is 97.8 Å². The largest absolute Gasteiger partial charge is 0.0721 e. The zero-order chi connectivity index (χ0) is 14.5. The molecule has 2 aromatic rings. The fourth-order valence-corrected chi connectivity index (χ4v) is 3.09. The van der Waals surface area contributed by atoms with Gasteiger partial charge in [-0.15, -0.1) is 0 Å². The number of rotatable bonds is 5. The van der Waals surface area contributed by atoms with E-state index >= 15 is 0 Å². The Bertz CT molecular complexity index is 580. The summed E-state index contributed by atoms with van der Waals surface area (Å²) < 4.78 is 0. The van der Waals surface area contributed by atoms with Crippen molar-refractivity contribution in [3.63, 3.8) is 0 Å². The summed E-state index contributed by atoms with van der Waals surface area (Å²) in [6.45, 7) is 2.25. The fraction of sp³-hybridized carbons (Fsp3) is 0.190. The summed E-state index contributed by atoms with van der Waals surface area (Å²) in [6.07, 6.45) is 9.10. The third kappa shape index (κ3) is 3.00. The van der Waals surface area contributed by atoms with E-state index in [0.29, 0.717) is 5.92 Å². The van der Waals surface area contributed by atoms with Crippen LogP contribution in [-0.4, -0.2) is 0 Å². The van der Waals surface area contributed by atoms with Crippen molar-refractivity contribution in [3.8, 4) is 0 Å². The van der Waals surface area contributed by atoms with Crippen LogP contribution in [0, 0.1) is 5.92 Å². The normalized spacial score (nSPS) is 14.7. The first-order valence-electron chi connectivity index (χ1n) is 7.74. The summed E-state index contributed by atoms with van der Waals surface area (Å²) in [5, 5.41) is 0. The van der Waals surface area contributed by atoms with Crippen LogP contribution in [0.25, 0.3) is 0 Å². The van der Waals surface area contributed by atoms with Gasteiger partial charge >= 0.3 is 0 Å².